The number of esters is 1. The van der Waals surface area contributed by atoms with Gasteiger partial charge in [-0.15, -0.1) is 0 Å². The lowest BCUT2D eigenvalue weighted by Crippen LogP contribution is -2.08. The first-order valence-electron chi connectivity index (χ1n) is 9.61. The Kier molecular flexibility index (Phi) is 18.0. The van der Waals surface area contributed by atoms with Crippen molar-refractivity contribution in [1.82, 2.24) is 5.32 Å². The van der Waals surface area contributed by atoms with Crippen LogP contribution in [0.15, 0.2) is 0 Å². The van der Waals surface area contributed by atoms with E-state index in [0.717, 1.165) is 32.2 Å². The summed E-state index contributed by atoms with van der Waals surface area (Å²) in [6.45, 7) is 3.91. The van der Waals surface area contributed by atoms with E-state index in [1.54, 1.807) is 0 Å². The van der Waals surface area contributed by atoms with Gasteiger partial charge in [0.25, 0.3) is 0 Å². The predicted molar refractivity (Wildman–Crippen MR) is 95.2 cm³/mol. The average Bonchev–Trinajstić information content (AvgIpc) is 2.52. The van der Waals surface area contributed by atoms with Crippen LogP contribution in [-0.2, 0) is 9.53 Å². The molecule has 0 saturated heterocycles. The summed E-state index contributed by atoms with van der Waals surface area (Å²) in [7, 11) is 1.96. The number of unbranched alkanes of at least 4 members (excludes halogenated alkanes) is 11. The van der Waals surface area contributed by atoms with E-state index in [1.807, 2.05) is 7.05 Å². The summed E-state index contributed by atoms with van der Waals surface area (Å²) in [5, 5.41) is 3.11. The minimum absolute atomic E-state index is 0.0135. The van der Waals surface area contributed by atoms with Gasteiger partial charge in [-0.1, -0.05) is 71.1 Å². The van der Waals surface area contributed by atoms with Crippen LogP contribution in [0.5, 0.6) is 0 Å². The van der Waals surface area contributed by atoms with Crippen LogP contribution in [0.2, 0.25) is 0 Å². The number of hydrogen-bond donors (Lipinski definition) is 1. The van der Waals surface area contributed by atoms with Gasteiger partial charge >= 0.3 is 5.97 Å². The Balaban J connectivity index is 3.10. The zero-order chi connectivity index (χ0) is 16.3. The standard InChI is InChI=1S/C19H39NO2/c1-3-4-5-6-7-8-9-10-11-15-18-22-19(21)16-13-12-14-17-20-2/h20H,3-18H2,1-2H3. The first-order chi connectivity index (χ1) is 10.8. The lowest BCUT2D eigenvalue weighted by molar-refractivity contribution is -0.143. The maximum atomic E-state index is 11.5. The van der Waals surface area contributed by atoms with E-state index in [4.69, 9.17) is 4.74 Å². The monoisotopic (exact) mass is 313 g/mol. The smallest absolute Gasteiger partial charge is 0.305 e. The van der Waals surface area contributed by atoms with Crippen LogP contribution in [0.1, 0.15) is 96.8 Å². The Bertz CT molecular complexity index is 231. The van der Waals surface area contributed by atoms with Crippen molar-refractivity contribution >= 4 is 5.97 Å². The quantitative estimate of drug-likeness (QED) is 0.295. The summed E-state index contributed by atoms with van der Waals surface area (Å²) >= 11 is 0. The maximum Gasteiger partial charge on any atom is 0.305 e. The van der Waals surface area contributed by atoms with Gasteiger partial charge in [0, 0.05) is 6.42 Å². The number of rotatable bonds is 17. The minimum Gasteiger partial charge on any atom is -0.466 e. The lowest BCUT2D eigenvalue weighted by Gasteiger charge is -2.05. The third-order valence-electron chi connectivity index (χ3n) is 4.07. The molecular formula is C19H39NO2. The summed E-state index contributed by atoms with van der Waals surface area (Å²) in [5.41, 5.74) is 0. The SMILES string of the molecule is CCCCCCCCCCCCOC(=O)CCCCCNC. The van der Waals surface area contributed by atoms with Gasteiger partial charge in [-0.05, 0) is 32.9 Å². The fraction of sp³-hybridized carbons (Fsp3) is 0.947. The molecule has 0 heterocycles. The Morgan fingerprint density at radius 3 is 1.91 bits per heavy atom. The zero-order valence-corrected chi connectivity index (χ0v) is 15.1. The number of nitrogens with one attached hydrogen (secondary N) is 1. The van der Waals surface area contributed by atoms with Crippen molar-refractivity contribution in [2.75, 3.05) is 20.2 Å². The molecule has 0 aromatic heterocycles. The highest BCUT2D eigenvalue weighted by molar-refractivity contribution is 5.69. The van der Waals surface area contributed by atoms with Gasteiger partial charge in [-0.25, -0.2) is 0 Å². The van der Waals surface area contributed by atoms with Gasteiger partial charge in [-0.2, -0.15) is 0 Å². The molecule has 22 heavy (non-hydrogen) atoms. The van der Waals surface area contributed by atoms with E-state index in [-0.39, 0.29) is 5.97 Å². The molecule has 0 radical (unpaired) electrons. The Morgan fingerprint density at radius 1 is 0.773 bits per heavy atom. The van der Waals surface area contributed by atoms with Crippen molar-refractivity contribution < 1.29 is 9.53 Å². The average molecular weight is 314 g/mol. The normalized spacial score (nSPS) is 10.8. The van der Waals surface area contributed by atoms with Crippen LogP contribution >= 0.6 is 0 Å². The molecule has 0 aliphatic rings. The van der Waals surface area contributed by atoms with Crippen LogP contribution in [0, 0.1) is 0 Å². The highest BCUT2D eigenvalue weighted by atomic mass is 16.5. The largest absolute Gasteiger partial charge is 0.466 e. The molecule has 0 unspecified atom stereocenters. The molecule has 132 valence electrons. The highest BCUT2D eigenvalue weighted by Gasteiger charge is 2.02. The molecule has 3 nitrogen and oxygen atoms in total. The molecule has 3 heteroatoms. The van der Waals surface area contributed by atoms with Crippen molar-refractivity contribution in [2.45, 2.75) is 96.8 Å². The second kappa shape index (κ2) is 18.5. The maximum absolute atomic E-state index is 11.5. The van der Waals surface area contributed by atoms with E-state index in [0.29, 0.717) is 13.0 Å². The third kappa shape index (κ3) is 17.5. The number of carbonyl (C=O) groups excluding carboxylic acids is 1. The van der Waals surface area contributed by atoms with E-state index in [1.165, 1.54) is 57.8 Å². The van der Waals surface area contributed by atoms with Gasteiger partial charge in [0.05, 0.1) is 6.61 Å². The van der Waals surface area contributed by atoms with Gasteiger partial charge in [0.15, 0.2) is 0 Å². The van der Waals surface area contributed by atoms with Crippen molar-refractivity contribution in [3.8, 4) is 0 Å². The topological polar surface area (TPSA) is 38.3 Å². The van der Waals surface area contributed by atoms with Gasteiger partial charge in [0.1, 0.15) is 0 Å². The molecule has 0 aliphatic carbocycles. The van der Waals surface area contributed by atoms with Crippen LogP contribution in [-0.4, -0.2) is 26.2 Å². The molecule has 0 spiro atoms. The molecule has 1 N–H and O–H groups in total. The Labute approximate surface area is 138 Å². The van der Waals surface area contributed by atoms with E-state index in [2.05, 4.69) is 12.2 Å². The van der Waals surface area contributed by atoms with Crippen molar-refractivity contribution in [1.29, 1.82) is 0 Å². The highest BCUT2D eigenvalue weighted by Crippen LogP contribution is 2.10. The summed E-state index contributed by atoms with van der Waals surface area (Å²) in [5.74, 6) is -0.0135. The minimum atomic E-state index is -0.0135. The summed E-state index contributed by atoms with van der Waals surface area (Å²) in [6, 6.07) is 0. The molecule has 0 aliphatic heterocycles. The number of carbonyl (C=O) groups is 1. The summed E-state index contributed by atoms with van der Waals surface area (Å²) in [4.78, 5) is 11.5. The van der Waals surface area contributed by atoms with E-state index >= 15 is 0 Å². The van der Waals surface area contributed by atoms with Crippen LogP contribution < -0.4 is 5.32 Å². The summed E-state index contributed by atoms with van der Waals surface area (Å²) < 4.78 is 5.27. The molecule has 0 aromatic rings. The first kappa shape index (κ1) is 21.4. The lowest BCUT2D eigenvalue weighted by atomic mass is 10.1. The molecule has 0 rings (SSSR count). The van der Waals surface area contributed by atoms with E-state index < -0.39 is 0 Å². The van der Waals surface area contributed by atoms with Crippen molar-refractivity contribution in [3.63, 3.8) is 0 Å². The second-order valence-electron chi connectivity index (χ2n) is 6.32. The molecule has 0 bridgehead atoms. The van der Waals surface area contributed by atoms with Crippen LogP contribution in [0.3, 0.4) is 0 Å². The third-order valence-corrected chi connectivity index (χ3v) is 4.07. The molecule has 0 saturated carbocycles. The summed E-state index contributed by atoms with van der Waals surface area (Å²) in [6.07, 6.45) is 16.9. The van der Waals surface area contributed by atoms with Gasteiger partial charge in [0.2, 0.25) is 0 Å². The first-order valence-corrected chi connectivity index (χ1v) is 9.61. The van der Waals surface area contributed by atoms with E-state index in [9.17, 15) is 4.79 Å². The van der Waals surface area contributed by atoms with Crippen molar-refractivity contribution in [3.05, 3.63) is 0 Å². The van der Waals surface area contributed by atoms with Crippen LogP contribution in [0.25, 0.3) is 0 Å². The predicted octanol–water partition coefficient (Wildman–Crippen LogP) is 5.23. The fourth-order valence-electron chi connectivity index (χ4n) is 2.60. The number of hydrogen-bond acceptors (Lipinski definition) is 3. The molecule has 0 atom stereocenters. The number of ether oxygens (including phenoxy) is 1. The zero-order valence-electron chi connectivity index (χ0n) is 15.1. The molecule has 0 fully saturated rings. The molecule has 0 aromatic carbocycles. The van der Waals surface area contributed by atoms with Gasteiger partial charge < -0.3 is 10.1 Å². The Hall–Kier alpha value is -0.570. The second-order valence-corrected chi connectivity index (χ2v) is 6.32. The van der Waals surface area contributed by atoms with Crippen molar-refractivity contribution in [2.24, 2.45) is 0 Å². The van der Waals surface area contributed by atoms with Gasteiger partial charge in [-0.3, -0.25) is 4.79 Å². The molecule has 0 amide bonds. The van der Waals surface area contributed by atoms with Crippen LogP contribution in [0.4, 0.5) is 0 Å². The molecular weight excluding hydrogens is 274 g/mol. The fourth-order valence-corrected chi connectivity index (χ4v) is 2.60. The Morgan fingerprint density at radius 2 is 1.32 bits per heavy atom.